The summed E-state index contributed by atoms with van der Waals surface area (Å²) < 4.78 is 6.44. The fourth-order valence-corrected chi connectivity index (χ4v) is 7.99. The predicted octanol–water partition coefficient (Wildman–Crippen LogP) is 4.40. The van der Waals surface area contributed by atoms with Crippen molar-refractivity contribution in [3.05, 3.63) is 70.4 Å². The van der Waals surface area contributed by atoms with Crippen LogP contribution in [0.2, 0.25) is 0 Å². The molecule has 1 aromatic carbocycles. The van der Waals surface area contributed by atoms with Crippen molar-refractivity contribution in [2.45, 2.75) is 57.7 Å². The van der Waals surface area contributed by atoms with Gasteiger partial charge >= 0.3 is 0 Å². The number of piperazine rings is 1. The minimum atomic E-state index is -0.296. The highest BCUT2D eigenvalue weighted by atomic mass is 16.5. The maximum absolute atomic E-state index is 12.7. The molecule has 9 heteroatoms. The van der Waals surface area contributed by atoms with Gasteiger partial charge in [0, 0.05) is 56.3 Å². The lowest BCUT2D eigenvalue weighted by Gasteiger charge is -2.47. The number of nitrogens with zero attached hydrogens (tertiary/aromatic N) is 7. The first-order valence-electron chi connectivity index (χ1n) is 16.1. The Morgan fingerprint density at radius 2 is 2.07 bits per heavy atom. The molecular weight excluding hydrogens is 562 g/mol. The summed E-state index contributed by atoms with van der Waals surface area (Å²) in [4.78, 5) is 26.5. The highest BCUT2D eigenvalue weighted by molar-refractivity contribution is 5.87. The average Bonchev–Trinajstić information content (AvgIpc) is 3.47. The van der Waals surface area contributed by atoms with E-state index in [-0.39, 0.29) is 23.9 Å². The van der Waals surface area contributed by atoms with Crippen LogP contribution in [-0.4, -0.2) is 84.6 Å². The number of fused-ring (bicyclic) bond motifs is 2. The highest BCUT2D eigenvalue weighted by Gasteiger charge is 2.41. The molecule has 6 rings (SSSR count). The number of likely N-dealkylation sites (tertiary alicyclic amines) is 1. The third-order valence-electron chi connectivity index (χ3n) is 10.3. The van der Waals surface area contributed by atoms with Gasteiger partial charge in [-0.2, -0.15) is 10.5 Å². The van der Waals surface area contributed by atoms with Gasteiger partial charge in [-0.3, -0.25) is 9.69 Å². The quantitative estimate of drug-likeness (QED) is 0.429. The number of hydrogen-bond acceptors (Lipinski definition) is 8. The van der Waals surface area contributed by atoms with Crippen molar-refractivity contribution in [1.82, 2.24) is 19.7 Å². The molecule has 0 radical (unpaired) electrons. The molecule has 4 aliphatic rings. The predicted molar refractivity (Wildman–Crippen MR) is 174 cm³/mol. The minimum Gasteiger partial charge on any atom is -0.476 e. The summed E-state index contributed by atoms with van der Waals surface area (Å²) in [5, 5.41) is 20.2. The number of benzene rings is 1. The number of hydrogen-bond donors (Lipinski definition) is 0. The third kappa shape index (κ3) is 5.72. The number of amides is 1. The van der Waals surface area contributed by atoms with Crippen LogP contribution in [0.15, 0.2) is 36.9 Å². The van der Waals surface area contributed by atoms with Gasteiger partial charge in [-0.25, -0.2) is 4.98 Å². The van der Waals surface area contributed by atoms with E-state index in [0.717, 1.165) is 55.8 Å². The minimum absolute atomic E-state index is 0.168. The molecule has 3 atom stereocenters. The van der Waals surface area contributed by atoms with Crippen molar-refractivity contribution < 1.29 is 9.53 Å². The van der Waals surface area contributed by atoms with Crippen LogP contribution in [0, 0.1) is 35.5 Å². The number of rotatable bonds is 7. The molecule has 0 saturated carbocycles. The molecule has 1 amide bonds. The molecule has 3 aliphatic heterocycles. The van der Waals surface area contributed by atoms with E-state index >= 15 is 0 Å². The SMILES string of the molecule is C=CC(=O)N1CCN(c2c(C#N)c(OCC3CCN(C)C3)nc3c2CCN(C2(C)CC=Cc4cccc(C)c42)C3)C[C@@H]1CC#N. The Kier molecular flexibility index (Phi) is 8.68. The fraction of sp³-hybridized carbons (Fsp3) is 0.500. The van der Waals surface area contributed by atoms with Crippen molar-refractivity contribution in [2.75, 3.05) is 57.8 Å². The average molecular weight is 606 g/mol. The van der Waals surface area contributed by atoms with Crippen molar-refractivity contribution >= 4 is 17.7 Å². The molecule has 0 N–H and O–H groups in total. The number of aryl methyl sites for hydroxylation is 1. The number of aromatic nitrogens is 1. The molecule has 1 aliphatic carbocycles. The highest BCUT2D eigenvalue weighted by Crippen LogP contribution is 2.45. The second-order valence-electron chi connectivity index (χ2n) is 13.2. The Hall–Kier alpha value is -4.18. The summed E-state index contributed by atoms with van der Waals surface area (Å²) in [6.07, 6.45) is 8.76. The Balaban J connectivity index is 1.39. The van der Waals surface area contributed by atoms with Gasteiger partial charge in [0.15, 0.2) is 0 Å². The van der Waals surface area contributed by atoms with Crippen LogP contribution < -0.4 is 9.64 Å². The summed E-state index contributed by atoms with van der Waals surface area (Å²) in [5.74, 6) is 0.619. The zero-order valence-electron chi connectivity index (χ0n) is 26.8. The van der Waals surface area contributed by atoms with Crippen LogP contribution in [0.3, 0.4) is 0 Å². The summed E-state index contributed by atoms with van der Waals surface area (Å²) >= 11 is 0. The topological polar surface area (TPSA) is 99.7 Å². The summed E-state index contributed by atoms with van der Waals surface area (Å²) in [6.45, 7) is 13.7. The van der Waals surface area contributed by atoms with Gasteiger partial charge in [-0.05, 0) is 69.5 Å². The second kappa shape index (κ2) is 12.7. The molecule has 2 fully saturated rings. The number of carbonyl (C=O) groups is 1. The van der Waals surface area contributed by atoms with E-state index in [4.69, 9.17) is 9.72 Å². The number of nitriles is 2. The first kappa shape index (κ1) is 30.8. The first-order chi connectivity index (χ1) is 21.8. The van der Waals surface area contributed by atoms with Crippen LogP contribution in [-0.2, 0) is 23.3 Å². The molecule has 0 spiro atoms. The van der Waals surface area contributed by atoms with E-state index < -0.39 is 0 Å². The Labute approximate surface area is 267 Å². The Morgan fingerprint density at radius 3 is 2.80 bits per heavy atom. The molecule has 2 aromatic rings. The van der Waals surface area contributed by atoms with Gasteiger partial charge < -0.3 is 19.4 Å². The molecule has 2 saturated heterocycles. The van der Waals surface area contributed by atoms with Gasteiger partial charge in [0.05, 0.1) is 36.5 Å². The second-order valence-corrected chi connectivity index (χ2v) is 13.2. The van der Waals surface area contributed by atoms with Crippen molar-refractivity contribution in [3.63, 3.8) is 0 Å². The molecule has 4 heterocycles. The van der Waals surface area contributed by atoms with Crippen LogP contribution >= 0.6 is 0 Å². The normalized spacial score (nSPS) is 24.8. The van der Waals surface area contributed by atoms with Crippen molar-refractivity contribution in [2.24, 2.45) is 5.92 Å². The van der Waals surface area contributed by atoms with Gasteiger partial charge in [-0.1, -0.05) is 36.9 Å². The zero-order valence-corrected chi connectivity index (χ0v) is 26.8. The molecule has 2 unspecified atom stereocenters. The lowest BCUT2D eigenvalue weighted by molar-refractivity contribution is -0.128. The molecule has 234 valence electrons. The molecular formula is C36H43N7O2. The van der Waals surface area contributed by atoms with Crippen LogP contribution in [0.1, 0.15) is 59.7 Å². The first-order valence-corrected chi connectivity index (χ1v) is 16.1. The maximum Gasteiger partial charge on any atom is 0.246 e. The van der Waals surface area contributed by atoms with E-state index in [9.17, 15) is 15.3 Å². The van der Waals surface area contributed by atoms with Crippen LogP contribution in [0.4, 0.5) is 5.69 Å². The molecule has 45 heavy (non-hydrogen) atoms. The number of pyridine rings is 1. The van der Waals surface area contributed by atoms with E-state index in [2.05, 4.69) is 84.7 Å². The number of carbonyl (C=O) groups excluding carboxylic acids is 1. The van der Waals surface area contributed by atoms with Crippen molar-refractivity contribution in [1.29, 1.82) is 10.5 Å². The maximum atomic E-state index is 12.7. The lowest BCUT2D eigenvalue weighted by atomic mass is 9.77. The summed E-state index contributed by atoms with van der Waals surface area (Å²) in [5.41, 5.74) is 7.08. The smallest absolute Gasteiger partial charge is 0.246 e. The van der Waals surface area contributed by atoms with E-state index in [1.165, 1.54) is 22.8 Å². The Bertz CT molecular complexity index is 1600. The molecule has 1 aromatic heterocycles. The standard InChI is InChI=1S/C36H43N7O2/c1-5-32(44)43-19-18-41(22-28(43)11-15-37)34-29-13-17-42(36(3)14-7-10-27-9-6-8-25(2)33(27)36)23-31(29)39-35(30(34)20-38)45-24-26-12-16-40(4)21-26/h5-10,26,28H,1,11-14,16-19,21-24H2,2-4H3/t26?,28-,36?/m0/s1. The fourth-order valence-electron chi connectivity index (χ4n) is 7.99. The monoisotopic (exact) mass is 605 g/mol. The lowest BCUT2D eigenvalue weighted by Crippen LogP contribution is -2.55. The van der Waals surface area contributed by atoms with E-state index in [0.29, 0.717) is 50.1 Å². The van der Waals surface area contributed by atoms with Gasteiger partial charge in [-0.15, -0.1) is 0 Å². The zero-order chi connectivity index (χ0) is 31.7. The molecule has 0 bridgehead atoms. The summed E-state index contributed by atoms with van der Waals surface area (Å²) in [6, 6.07) is 11.0. The number of ether oxygens (including phenoxy) is 1. The van der Waals surface area contributed by atoms with E-state index in [1.807, 2.05) is 0 Å². The van der Waals surface area contributed by atoms with E-state index in [1.54, 1.807) is 4.90 Å². The third-order valence-corrected chi connectivity index (χ3v) is 10.3. The largest absolute Gasteiger partial charge is 0.476 e. The van der Waals surface area contributed by atoms with Crippen LogP contribution in [0.25, 0.3) is 6.08 Å². The van der Waals surface area contributed by atoms with Gasteiger partial charge in [0.2, 0.25) is 11.8 Å². The van der Waals surface area contributed by atoms with Crippen LogP contribution in [0.5, 0.6) is 5.88 Å². The number of anilines is 1. The summed E-state index contributed by atoms with van der Waals surface area (Å²) in [7, 11) is 2.12. The van der Waals surface area contributed by atoms with Gasteiger partial charge in [0.1, 0.15) is 11.6 Å². The Morgan fingerprint density at radius 1 is 1.22 bits per heavy atom. The van der Waals surface area contributed by atoms with Gasteiger partial charge in [0.25, 0.3) is 0 Å². The van der Waals surface area contributed by atoms with Crippen molar-refractivity contribution in [3.8, 4) is 18.0 Å². The molecule has 9 nitrogen and oxygen atoms in total.